The Morgan fingerprint density at radius 1 is 0.529 bits per heavy atom. The van der Waals surface area contributed by atoms with Crippen molar-refractivity contribution in [1.29, 1.82) is 0 Å². The van der Waals surface area contributed by atoms with E-state index in [1.54, 1.807) is 0 Å². The molecule has 1 aliphatic heterocycles. The van der Waals surface area contributed by atoms with E-state index in [0.29, 0.717) is 0 Å². The van der Waals surface area contributed by atoms with Crippen molar-refractivity contribution in [2.24, 2.45) is 0 Å². The quantitative estimate of drug-likeness (QED) is 0.178. The van der Waals surface area contributed by atoms with Crippen molar-refractivity contribution in [2.45, 2.75) is 155 Å². The molecule has 2 heterocycles. The number of fused-ring (bicyclic) bond motifs is 10. The normalized spacial score (nSPS) is 18.6. The highest BCUT2D eigenvalue weighted by molar-refractivity contribution is 6.74. The standard InChI is InChI=1S/C66H71BN2O/c1-38-31-48-50(64(9,10)29-27-62(48,5)6)36-54(38)69-55-37-51-49(63(7,8)28-30-65(51,11)12)34-52(55)67-59-56(69)33-44-42-20-16-18-22-57(42)70-60(44)58(59)45-32-43-41-19-15-17-21-46(41)66(13,14)47(43)35-53(45)68-40-25-23-39(24-26-40)61(2,3)4/h15-26,31-37,67-68H,27-30H2,1-14H3. The van der Waals surface area contributed by atoms with Gasteiger partial charge >= 0.3 is 0 Å². The predicted molar refractivity (Wildman–Crippen MR) is 302 cm³/mol. The van der Waals surface area contributed by atoms with Crippen LogP contribution in [0.25, 0.3) is 44.2 Å². The summed E-state index contributed by atoms with van der Waals surface area (Å²) in [4.78, 5) is 2.70. The fourth-order valence-corrected chi connectivity index (χ4v) is 13.3. The van der Waals surface area contributed by atoms with E-state index in [0.717, 1.165) is 47.0 Å². The third-order valence-electron chi connectivity index (χ3n) is 18.1. The number of furan rings is 1. The van der Waals surface area contributed by atoms with Crippen LogP contribution >= 0.6 is 0 Å². The average Bonchev–Trinajstić information content (AvgIpc) is 3.78. The Kier molecular flexibility index (Phi) is 9.54. The lowest BCUT2D eigenvalue weighted by molar-refractivity contribution is 0.331. The lowest BCUT2D eigenvalue weighted by atomic mass is 9.55. The summed E-state index contributed by atoms with van der Waals surface area (Å²) in [7, 11) is 0.786. The second kappa shape index (κ2) is 14.8. The Hall–Kier alpha value is -6.00. The smallest absolute Gasteiger partial charge is 0.198 e. The maximum absolute atomic E-state index is 7.27. The van der Waals surface area contributed by atoms with Crippen molar-refractivity contribution in [1.82, 2.24) is 0 Å². The number of aryl methyl sites for hydroxylation is 1. The molecule has 0 radical (unpaired) electrons. The molecule has 0 amide bonds. The summed E-state index contributed by atoms with van der Waals surface area (Å²) in [5.41, 5.74) is 27.0. The Morgan fingerprint density at radius 3 is 1.77 bits per heavy atom. The van der Waals surface area contributed by atoms with E-state index in [1.165, 1.54) is 114 Å². The molecule has 0 bridgehead atoms. The minimum Gasteiger partial charge on any atom is -0.455 e. The average molecular weight is 919 g/mol. The number of hydrogen-bond donors (Lipinski definition) is 1. The molecule has 0 unspecified atom stereocenters. The van der Waals surface area contributed by atoms with Gasteiger partial charge in [-0.2, -0.15) is 0 Å². The van der Waals surface area contributed by atoms with Crippen LogP contribution in [-0.2, 0) is 32.5 Å². The molecule has 4 heteroatoms. The van der Waals surface area contributed by atoms with Crippen molar-refractivity contribution in [2.75, 3.05) is 10.2 Å². The molecule has 0 saturated heterocycles. The van der Waals surface area contributed by atoms with Crippen LogP contribution in [0.1, 0.15) is 160 Å². The van der Waals surface area contributed by atoms with Gasteiger partial charge in [-0.1, -0.05) is 162 Å². The Labute approximate surface area is 418 Å². The molecule has 0 spiro atoms. The molecular weight excluding hydrogens is 848 g/mol. The first kappa shape index (κ1) is 45.2. The highest BCUT2D eigenvalue weighted by Crippen LogP contribution is 2.56. The summed E-state index contributed by atoms with van der Waals surface area (Å²) in [6.07, 6.45) is 4.69. The van der Waals surface area contributed by atoms with Crippen molar-refractivity contribution < 1.29 is 4.42 Å². The third kappa shape index (κ3) is 6.67. The summed E-state index contributed by atoms with van der Waals surface area (Å²) in [6.45, 7) is 33.8. The summed E-state index contributed by atoms with van der Waals surface area (Å²) >= 11 is 0. The van der Waals surface area contributed by atoms with E-state index in [1.807, 2.05) is 0 Å². The fraction of sp³-hybridized carbons (Fsp3) is 0.364. The first-order chi connectivity index (χ1) is 32.9. The summed E-state index contributed by atoms with van der Waals surface area (Å²) in [5, 5.41) is 6.37. The van der Waals surface area contributed by atoms with Crippen molar-refractivity contribution in [3.8, 4) is 22.3 Å². The van der Waals surface area contributed by atoms with Gasteiger partial charge in [0.05, 0.1) is 0 Å². The maximum Gasteiger partial charge on any atom is 0.198 e. The number of hydrogen-bond acceptors (Lipinski definition) is 3. The van der Waals surface area contributed by atoms with Crippen molar-refractivity contribution in [3.05, 3.63) is 160 Å². The second-order valence-electron chi connectivity index (χ2n) is 26.0. The van der Waals surface area contributed by atoms with Gasteiger partial charge in [0.1, 0.15) is 11.2 Å². The summed E-state index contributed by atoms with van der Waals surface area (Å²) in [6, 6.07) is 44.8. The van der Waals surface area contributed by atoms with Crippen LogP contribution in [0.4, 0.5) is 28.4 Å². The molecule has 0 saturated carbocycles. The molecule has 8 aromatic rings. The van der Waals surface area contributed by atoms with Crippen molar-refractivity contribution in [3.63, 3.8) is 0 Å². The van der Waals surface area contributed by atoms with Gasteiger partial charge in [0, 0.05) is 55.8 Å². The monoisotopic (exact) mass is 919 g/mol. The van der Waals surface area contributed by atoms with E-state index < -0.39 is 0 Å². The molecule has 0 fully saturated rings. The van der Waals surface area contributed by atoms with Gasteiger partial charge in [-0.15, -0.1) is 0 Å². The fourth-order valence-electron chi connectivity index (χ4n) is 13.3. The molecule has 12 rings (SSSR count). The first-order valence-corrected chi connectivity index (χ1v) is 26.2. The Balaban J connectivity index is 1.21. The lowest BCUT2D eigenvalue weighted by Crippen LogP contribution is -2.44. The lowest BCUT2D eigenvalue weighted by Gasteiger charge is -2.45. The number of para-hydroxylation sites is 1. The number of benzene rings is 7. The predicted octanol–water partition coefficient (Wildman–Crippen LogP) is 16.8. The van der Waals surface area contributed by atoms with Crippen LogP contribution in [0.3, 0.4) is 0 Å². The van der Waals surface area contributed by atoms with E-state index in [2.05, 4.69) is 222 Å². The molecule has 3 aliphatic carbocycles. The molecule has 70 heavy (non-hydrogen) atoms. The SMILES string of the molecule is Cc1cc2c(cc1N1c3cc4c(cc3Bc3c1cc1c(oc5ccccc51)c3-c1cc3c(cc1Nc1ccc(C(C)(C)C)cc1)C(C)(C)c1ccccc1-3)C(C)(C)CCC4(C)C)C(C)(C)CCC2(C)C. The number of nitrogens with zero attached hydrogens (tertiary/aromatic N) is 1. The van der Waals surface area contributed by atoms with E-state index in [4.69, 9.17) is 4.42 Å². The van der Waals surface area contributed by atoms with Crippen molar-refractivity contribution >= 4 is 68.6 Å². The molecule has 354 valence electrons. The van der Waals surface area contributed by atoms with Gasteiger partial charge in [-0.3, -0.25) is 0 Å². The number of rotatable bonds is 4. The summed E-state index contributed by atoms with van der Waals surface area (Å²) < 4.78 is 7.27. The number of anilines is 5. The molecule has 1 aromatic heterocycles. The number of nitrogens with one attached hydrogen (secondary N) is 1. The molecule has 7 aromatic carbocycles. The third-order valence-corrected chi connectivity index (χ3v) is 18.1. The van der Waals surface area contributed by atoms with Crippen LogP contribution in [0.15, 0.2) is 120 Å². The minimum atomic E-state index is -0.177. The highest BCUT2D eigenvalue weighted by atomic mass is 16.3. The van der Waals surface area contributed by atoms with Gasteiger partial charge in [0.2, 0.25) is 0 Å². The van der Waals surface area contributed by atoms with Crippen LogP contribution in [-0.4, -0.2) is 7.28 Å². The second-order valence-corrected chi connectivity index (χ2v) is 26.0. The zero-order valence-electron chi connectivity index (χ0n) is 44.4. The Morgan fingerprint density at radius 2 is 1.11 bits per heavy atom. The largest absolute Gasteiger partial charge is 0.455 e. The molecule has 1 N–H and O–H groups in total. The van der Waals surface area contributed by atoms with Crippen LogP contribution in [0.5, 0.6) is 0 Å². The Bertz CT molecular complexity index is 3490. The summed E-state index contributed by atoms with van der Waals surface area (Å²) in [5.74, 6) is 0. The van der Waals surface area contributed by atoms with Gasteiger partial charge in [0.25, 0.3) is 0 Å². The van der Waals surface area contributed by atoms with Crippen LogP contribution in [0.2, 0.25) is 0 Å². The van der Waals surface area contributed by atoms with Gasteiger partial charge in [0.15, 0.2) is 7.28 Å². The first-order valence-electron chi connectivity index (χ1n) is 26.2. The zero-order valence-corrected chi connectivity index (χ0v) is 44.4. The van der Waals surface area contributed by atoms with Crippen LogP contribution in [0, 0.1) is 6.92 Å². The van der Waals surface area contributed by atoms with Gasteiger partial charge in [-0.25, -0.2) is 0 Å². The van der Waals surface area contributed by atoms with Gasteiger partial charge in [-0.05, 0) is 169 Å². The van der Waals surface area contributed by atoms with Crippen LogP contribution < -0.4 is 21.1 Å². The highest BCUT2D eigenvalue weighted by Gasteiger charge is 2.43. The molecule has 4 aliphatic rings. The molecule has 3 nitrogen and oxygen atoms in total. The minimum absolute atomic E-state index is 0.0482. The van der Waals surface area contributed by atoms with E-state index in [-0.39, 0.29) is 32.5 Å². The molecule has 0 atom stereocenters. The van der Waals surface area contributed by atoms with Gasteiger partial charge < -0.3 is 14.6 Å². The maximum atomic E-state index is 7.27. The zero-order chi connectivity index (χ0) is 49.2. The van der Waals surface area contributed by atoms with E-state index in [9.17, 15) is 0 Å². The topological polar surface area (TPSA) is 28.4 Å². The van der Waals surface area contributed by atoms with E-state index >= 15 is 0 Å². The molecular formula is C66H71BN2O.